The zero-order chi connectivity index (χ0) is 47.7. The molecule has 2 heteroatoms. The SMILES string of the molecule is CC1(C)c2cc(-c3ccc(N(c4ccccc4)c4ccc(-c5ccc(-c6ccccc6)cc5)cc4)cc3)ccc2-c2ccc(N(C3=CC=C(c4ccc(-c5ccccc5)cc4)CC3)c3ccccc3)cc21. The Labute approximate surface area is 418 Å². The fraction of sp³-hybridized carbons (Fsp3) is 0.0725. The van der Waals surface area contributed by atoms with Crippen LogP contribution in [-0.2, 0) is 5.41 Å². The van der Waals surface area contributed by atoms with Gasteiger partial charge in [-0.05, 0) is 164 Å². The highest BCUT2D eigenvalue weighted by molar-refractivity contribution is 5.87. The van der Waals surface area contributed by atoms with E-state index in [2.05, 4.69) is 291 Å². The Morgan fingerprint density at radius 2 is 0.634 bits per heavy atom. The average Bonchev–Trinajstić information content (AvgIpc) is 3.67. The fourth-order valence-corrected chi connectivity index (χ4v) is 10.8. The lowest BCUT2D eigenvalue weighted by molar-refractivity contribution is 0.660. The number of hydrogen-bond acceptors (Lipinski definition) is 2. The van der Waals surface area contributed by atoms with Crippen LogP contribution in [0.1, 0.15) is 43.4 Å². The van der Waals surface area contributed by atoms with E-state index in [1.54, 1.807) is 0 Å². The van der Waals surface area contributed by atoms with Crippen LogP contribution in [-0.4, -0.2) is 0 Å². The lowest BCUT2D eigenvalue weighted by atomic mass is 9.81. The lowest BCUT2D eigenvalue weighted by Crippen LogP contribution is -2.20. The fourth-order valence-electron chi connectivity index (χ4n) is 10.8. The Morgan fingerprint density at radius 3 is 1.11 bits per heavy atom. The number of para-hydroxylation sites is 2. The number of allylic oxidation sites excluding steroid dienone is 4. The summed E-state index contributed by atoms with van der Waals surface area (Å²) in [6, 6.07) is 92.8. The van der Waals surface area contributed by atoms with Crippen molar-refractivity contribution in [2.45, 2.75) is 32.1 Å². The quantitative estimate of drug-likeness (QED) is 0.128. The van der Waals surface area contributed by atoms with Crippen molar-refractivity contribution >= 4 is 34.0 Å². The number of nitrogens with zero attached hydrogens (tertiary/aromatic N) is 2. The molecule has 0 unspecified atom stereocenters. The molecule has 71 heavy (non-hydrogen) atoms. The molecule has 340 valence electrons. The third-order valence-electron chi connectivity index (χ3n) is 14.6. The van der Waals surface area contributed by atoms with Crippen LogP contribution in [0.5, 0.6) is 0 Å². The van der Waals surface area contributed by atoms with Gasteiger partial charge < -0.3 is 9.80 Å². The molecule has 0 aromatic heterocycles. The molecular weight excluding hydrogens is 857 g/mol. The topological polar surface area (TPSA) is 6.48 Å². The number of anilines is 5. The van der Waals surface area contributed by atoms with E-state index in [-0.39, 0.29) is 5.41 Å². The van der Waals surface area contributed by atoms with Gasteiger partial charge in [0.25, 0.3) is 0 Å². The van der Waals surface area contributed by atoms with Crippen LogP contribution in [0.3, 0.4) is 0 Å². The molecule has 10 aromatic carbocycles. The van der Waals surface area contributed by atoms with Gasteiger partial charge in [0.1, 0.15) is 0 Å². The maximum absolute atomic E-state index is 2.47. The molecule has 0 saturated heterocycles. The van der Waals surface area contributed by atoms with Gasteiger partial charge in [-0.3, -0.25) is 0 Å². The molecule has 0 saturated carbocycles. The van der Waals surface area contributed by atoms with Crippen molar-refractivity contribution in [1.82, 2.24) is 0 Å². The van der Waals surface area contributed by atoms with Crippen molar-refractivity contribution in [3.05, 3.63) is 289 Å². The van der Waals surface area contributed by atoms with E-state index in [0.29, 0.717) is 0 Å². The minimum Gasteiger partial charge on any atom is -0.314 e. The van der Waals surface area contributed by atoms with E-state index < -0.39 is 0 Å². The number of rotatable bonds is 11. The zero-order valence-corrected chi connectivity index (χ0v) is 40.2. The first-order chi connectivity index (χ1) is 34.9. The van der Waals surface area contributed by atoms with E-state index >= 15 is 0 Å². The standard InChI is InChI=1S/C69H54N2/c1-69(2)67-47-58(57-35-42-62(43-36-57)70(59-19-11-5-12-20-59)61-38-31-55(32-39-61)53-27-23-51(24-28-53)49-15-7-3-8-16-49)37-45-65(67)66-46-44-64(48-68(66)69)71(60-21-13-6-14-22-60)63-40-33-56(34-41-63)54-29-25-52(26-30-54)50-17-9-4-10-18-50/h3-33,35-40,42-48H,34,41H2,1-2H3. The summed E-state index contributed by atoms with van der Waals surface area (Å²) in [4.78, 5) is 4.81. The van der Waals surface area contributed by atoms with E-state index in [9.17, 15) is 0 Å². The van der Waals surface area contributed by atoms with E-state index in [1.165, 1.54) is 95.0 Å². The minimum absolute atomic E-state index is 0.195. The molecule has 0 heterocycles. The molecule has 0 aliphatic heterocycles. The van der Waals surface area contributed by atoms with Gasteiger partial charge in [0.05, 0.1) is 0 Å². The molecule has 0 atom stereocenters. The minimum atomic E-state index is -0.195. The predicted octanol–water partition coefficient (Wildman–Crippen LogP) is 19.0. The summed E-state index contributed by atoms with van der Waals surface area (Å²) >= 11 is 0. The molecule has 2 nitrogen and oxygen atoms in total. The van der Waals surface area contributed by atoms with Gasteiger partial charge in [0.15, 0.2) is 0 Å². The summed E-state index contributed by atoms with van der Waals surface area (Å²) in [6.45, 7) is 4.78. The second-order valence-corrected chi connectivity index (χ2v) is 19.3. The summed E-state index contributed by atoms with van der Waals surface area (Å²) in [7, 11) is 0. The highest BCUT2D eigenvalue weighted by Crippen LogP contribution is 2.52. The zero-order valence-electron chi connectivity index (χ0n) is 40.2. The molecule has 2 aliphatic rings. The van der Waals surface area contributed by atoms with Gasteiger partial charge in [-0.15, -0.1) is 0 Å². The maximum atomic E-state index is 2.47. The van der Waals surface area contributed by atoms with E-state index in [4.69, 9.17) is 0 Å². The monoisotopic (exact) mass is 910 g/mol. The Bertz CT molecular complexity index is 3540. The Morgan fingerprint density at radius 1 is 0.282 bits per heavy atom. The highest BCUT2D eigenvalue weighted by Gasteiger charge is 2.36. The van der Waals surface area contributed by atoms with Crippen LogP contribution in [0.4, 0.5) is 28.4 Å². The number of benzene rings is 10. The van der Waals surface area contributed by atoms with Gasteiger partial charge in [0, 0.05) is 39.5 Å². The highest BCUT2D eigenvalue weighted by atomic mass is 15.2. The van der Waals surface area contributed by atoms with Gasteiger partial charge in [-0.1, -0.05) is 208 Å². The molecule has 2 aliphatic carbocycles. The first kappa shape index (κ1) is 43.6. The molecule has 12 rings (SSSR count). The largest absolute Gasteiger partial charge is 0.314 e. The number of fused-ring (bicyclic) bond motifs is 3. The summed E-state index contributed by atoms with van der Waals surface area (Å²) in [5.74, 6) is 0. The molecule has 0 N–H and O–H groups in total. The van der Waals surface area contributed by atoms with Crippen molar-refractivity contribution in [1.29, 1.82) is 0 Å². The van der Waals surface area contributed by atoms with Crippen LogP contribution >= 0.6 is 0 Å². The van der Waals surface area contributed by atoms with Crippen molar-refractivity contribution < 1.29 is 0 Å². The normalized spacial score (nSPS) is 13.4. The first-order valence-electron chi connectivity index (χ1n) is 24.9. The van der Waals surface area contributed by atoms with Crippen molar-refractivity contribution in [2.24, 2.45) is 0 Å². The summed E-state index contributed by atoms with van der Waals surface area (Å²) in [5, 5.41) is 0. The molecular formula is C69H54N2. The number of hydrogen-bond donors (Lipinski definition) is 0. The summed E-state index contributed by atoms with van der Waals surface area (Å²) < 4.78 is 0. The molecule has 0 bridgehead atoms. The van der Waals surface area contributed by atoms with Crippen LogP contribution in [0.2, 0.25) is 0 Å². The third kappa shape index (κ3) is 8.49. The average molecular weight is 911 g/mol. The van der Waals surface area contributed by atoms with Gasteiger partial charge in [-0.2, -0.15) is 0 Å². The maximum Gasteiger partial charge on any atom is 0.0462 e. The summed E-state index contributed by atoms with van der Waals surface area (Å²) in [6.07, 6.45) is 6.60. The molecule has 0 fully saturated rings. The van der Waals surface area contributed by atoms with Crippen molar-refractivity contribution in [3.63, 3.8) is 0 Å². The van der Waals surface area contributed by atoms with Crippen molar-refractivity contribution in [2.75, 3.05) is 9.80 Å². The van der Waals surface area contributed by atoms with Crippen LogP contribution in [0.25, 0.3) is 61.2 Å². The first-order valence-corrected chi connectivity index (χ1v) is 24.9. The van der Waals surface area contributed by atoms with E-state index in [0.717, 1.165) is 29.9 Å². The molecule has 10 aromatic rings. The van der Waals surface area contributed by atoms with Gasteiger partial charge in [0.2, 0.25) is 0 Å². The van der Waals surface area contributed by atoms with E-state index in [1.807, 2.05) is 0 Å². The molecule has 0 amide bonds. The summed E-state index contributed by atoms with van der Waals surface area (Å²) in [5.41, 5.74) is 24.6. The van der Waals surface area contributed by atoms with Crippen LogP contribution in [0.15, 0.2) is 273 Å². The van der Waals surface area contributed by atoms with Crippen molar-refractivity contribution in [3.8, 4) is 55.6 Å². The lowest BCUT2D eigenvalue weighted by Gasteiger charge is -2.31. The molecule has 0 spiro atoms. The molecule has 0 radical (unpaired) electrons. The van der Waals surface area contributed by atoms with Gasteiger partial charge in [-0.25, -0.2) is 0 Å². The second kappa shape index (κ2) is 18.6. The third-order valence-corrected chi connectivity index (χ3v) is 14.6. The Balaban J connectivity index is 0.807. The van der Waals surface area contributed by atoms with Crippen LogP contribution < -0.4 is 9.80 Å². The predicted molar refractivity (Wildman–Crippen MR) is 301 cm³/mol. The smallest absolute Gasteiger partial charge is 0.0462 e. The van der Waals surface area contributed by atoms with Gasteiger partial charge >= 0.3 is 0 Å². The second-order valence-electron chi connectivity index (χ2n) is 19.3. The Kier molecular flexibility index (Phi) is 11.4. The van der Waals surface area contributed by atoms with Crippen LogP contribution in [0, 0.1) is 0 Å². The Hall–Kier alpha value is -8.72.